The van der Waals surface area contributed by atoms with E-state index in [1.54, 1.807) is 11.3 Å². The molecule has 0 radical (unpaired) electrons. The first-order valence-corrected chi connectivity index (χ1v) is 6.06. The fourth-order valence-corrected chi connectivity index (χ4v) is 2.54. The van der Waals surface area contributed by atoms with Crippen molar-refractivity contribution in [3.63, 3.8) is 0 Å². The monoisotopic (exact) mass is 266 g/mol. The van der Waals surface area contributed by atoms with Crippen molar-refractivity contribution < 1.29 is 4.52 Å². The maximum Gasteiger partial charge on any atom is 0.213 e. The number of anilines is 1. The zero-order chi connectivity index (χ0) is 11.7. The molecule has 0 spiro atoms. The van der Waals surface area contributed by atoms with Gasteiger partial charge < -0.3 is 9.84 Å². The van der Waals surface area contributed by atoms with Crippen LogP contribution in [0.25, 0.3) is 10.2 Å². The maximum atomic E-state index is 5.91. The van der Waals surface area contributed by atoms with Crippen LogP contribution in [0.1, 0.15) is 5.82 Å². The summed E-state index contributed by atoms with van der Waals surface area (Å²) in [5, 5.41) is 8.37. The van der Waals surface area contributed by atoms with E-state index in [1.165, 1.54) is 6.39 Å². The van der Waals surface area contributed by atoms with E-state index in [0.717, 1.165) is 15.3 Å². The number of hydrogen-bond donors (Lipinski definition) is 1. The summed E-state index contributed by atoms with van der Waals surface area (Å²) in [4.78, 5) is 8.33. The first-order valence-electron chi connectivity index (χ1n) is 4.86. The fraction of sp³-hybridized carbons (Fsp3) is 0.100. The van der Waals surface area contributed by atoms with E-state index >= 15 is 0 Å². The van der Waals surface area contributed by atoms with Gasteiger partial charge in [-0.25, -0.2) is 4.98 Å². The Hall–Kier alpha value is -1.66. The fourth-order valence-electron chi connectivity index (χ4n) is 1.40. The molecule has 0 saturated heterocycles. The van der Waals surface area contributed by atoms with Crippen LogP contribution in [0.5, 0.6) is 0 Å². The van der Waals surface area contributed by atoms with Crippen molar-refractivity contribution in [2.45, 2.75) is 6.54 Å². The third-order valence-electron chi connectivity index (χ3n) is 2.16. The van der Waals surface area contributed by atoms with E-state index in [0.29, 0.717) is 17.4 Å². The van der Waals surface area contributed by atoms with Gasteiger partial charge in [-0.3, -0.25) is 0 Å². The minimum absolute atomic E-state index is 0.490. The number of fused-ring (bicyclic) bond motifs is 1. The third kappa shape index (κ3) is 2.22. The number of aromatic nitrogens is 3. The average Bonchev–Trinajstić information content (AvgIpc) is 2.94. The first-order chi connectivity index (χ1) is 8.31. The molecule has 7 heteroatoms. The number of hydrogen-bond acceptors (Lipinski definition) is 6. The van der Waals surface area contributed by atoms with Gasteiger partial charge >= 0.3 is 0 Å². The number of nitrogens with zero attached hydrogens (tertiary/aromatic N) is 3. The molecule has 0 unspecified atom stereocenters. The largest absolute Gasteiger partial charge is 0.354 e. The Morgan fingerprint density at radius 1 is 1.41 bits per heavy atom. The molecule has 3 rings (SSSR count). The summed E-state index contributed by atoms with van der Waals surface area (Å²) in [6.07, 6.45) is 1.30. The number of nitrogens with one attached hydrogen (secondary N) is 1. The molecule has 1 aromatic carbocycles. The smallest absolute Gasteiger partial charge is 0.213 e. The standard InChI is InChI=1S/C10H7ClN4OS/c11-6-1-2-7-8(3-6)17-10(14-7)12-4-9-13-5-16-15-9/h1-3,5H,4H2,(H,12,14). The highest BCUT2D eigenvalue weighted by atomic mass is 35.5. The van der Waals surface area contributed by atoms with Crippen LogP contribution in [0.15, 0.2) is 29.1 Å². The zero-order valence-electron chi connectivity index (χ0n) is 8.55. The molecule has 0 aliphatic rings. The predicted octanol–water partition coefficient (Wildman–Crippen LogP) is 2.94. The number of benzene rings is 1. The Morgan fingerprint density at radius 2 is 2.35 bits per heavy atom. The zero-order valence-corrected chi connectivity index (χ0v) is 10.1. The van der Waals surface area contributed by atoms with Crippen molar-refractivity contribution in [1.82, 2.24) is 15.1 Å². The molecule has 0 aliphatic heterocycles. The predicted molar refractivity (Wildman–Crippen MR) is 66.3 cm³/mol. The number of thiazole rings is 1. The summed E-state index contributed by atoms with van der Waals surface area (Å²) in [5.74, 6) is 0.599. The van der Waals surface area contributed by atoms with Crippen LogP contribution in [0.4, 0.5) is 5.13 Å². The molecule has 2 heterocycles. The SMILES string of the molecule is Clc1ccc2nc(NCc3ncon3)sc2c1. The highest BCUT2D eigenvalue weighted by Gasteiger charge is 2.05. The minimum atomic E-state index is 0.490. The van der Waals surface area contributed by atoms with Crippen LogP contribution in [0.3, 0.4) is 0 Å². The van der Waals surface area contributed by atoms with Crippen molar-refractivity contribution in [3.05, 3.63) is 35.4 Å². The van der Waals surface area contributed by atoms with E-state index in [-0.39, 0.29) is 0 Å². The van der Waals surface area contributed by atoms with Crippen LogP contribution in [-0.4, -0.2) is 15.1 Å². The second-order valence-electron chi connectivity index (χ2n) is 3.33. The van der Waals surface area contributed by atoms with Crippen molar-refractivity contribution >= 4 is 38.3 Å². The Bertz CT molecular complexity index is 637. The summed E-state index contributed by atoms with van der Waals surface area (Å²) in [5.41, 5.74) is 0.926. The molecule has 0 atom stereocenters. The summed E-state index contributed by atoms with van der Waals surface area (Å²) in [7, 11) is 0. The lowest BCUT2D eigenvalue weighted by Gasteiger charge is -1.95. The van der Waals surface area contributed by atoms with Gasteiger partial charge in [-0.05, 0) is 18.2 Å². The number of halogens is 1. The highest BCUT2D eigenvalue weighted by molar-refractivity contribution is 7.22. The summed E-state index contributed by atoms with van der Waals surface area (Å²) in [6, 6.07) is 5.62. The van der Waals surface area contributed by atoms with Gasteiger partial charge in [-0.15, -0.1) is 0 Å². The van der Waals surface area contributed by atoms with Crippen LogP contribution in [0, 0.1) is 0 Å². The van der Waals surface area contributed by atoms with E-state index in [1.807, 2.05) is 18.2 Å². The van der Waals surface area contributed by atoms with Crippen molar-refractivity contribution in [3.8, 4) is 0 Å². The normalized spacial score (nSPS) is 10.9. The summed E-state index contributed by atoms with van der Waals surface area (Å²) < 4.78 is 5.69. The number of rotatable bonds is 3. The molecule has 3 aromatic rings. The highest BCUT2D eigenvalue weighted by Crippen LogP contribution is 2.28. The van der Waals surface area contributed by atoms with Gasteiger partial charge in [0, 0.05) is 5.02 Å². The molecular formula is C10H7ClN4OS. The average molecular weight is 267 g/mol. The molecule has 0 aliphatic carbocycles. The van der Waals surface area contributed by atoms with Crippen molar-refractivity contribution in [2.24, 2.45) is 0 Å². The Morgan fingerprint density at radius 3 is 3.18 bits per heavy atom. The van der Waals surface area contributed by atoms with Crippen molar-refractivity contribution in [2.75, 3.05) is 5.32 Å². The van der Waals surface area contributed by atoms with E-state index < -0.39 is 0 Å². The molecule has 17 heavy (non-hydrogen) atoms. The second-order valence-corrected chi connectivity index (χ2v) is 4.80. The van der Waals surface area contributed by atoms with Gasteiger partial charge in [0.2, 0.25) is 6.39 Å². The van der Waals surface area contributed by atoms with E-state index in [2.05, 4.69) is 25.0 Å². The van der Waals surface area contributed by atoms with Crippen LogP contribution < -0.4 is 5.32 Å². The summed E-state index contributed by atoms with van der Waals surface area (Å²) in [6.45, 7) is 0.490. The summed E-state index contributed by atoms with van der Waals surface area (Å²) >= 11 is 7.45. The van der Waals surface area contributed by atoms with Crippen LogP contribution in [0.2, 0.25) is 5.02 Å². The lowest BCUT2D eigenvalue weighted by atomic mass is 10.3. The minimum Gasteiger partial charge on any atom is -0.354 e. The molecule has 0 fully saturated rings. The second kappa shape index (κ2) is 4.31. The quantitative estimate of drug-likeness (QED) is 0.790. The first kappa shape index (κ1) is 10.5. The molecule has 5 nitrogen and oxygen atoms in total. The van der Waals surface area contributed by atoms with E-state index in [4.69, 9.17) is 11.6 Å². The molecule has 1 N–H and O–H groups in total. The van der Waals surface area contributed by atoms with Gasteiger partial charge in [0.15, 0.2) is 11.0 Å². The maximum absolute atomic E-state index is 5.91. The molecule has 0 bridgehead atoms. The molecule has 0 saturated carbocycles. The van der Waals surface area contributed by atoms with Gasteiger partial charge in [-0.2, -0.15) is 4.98 Å². The van der Waals surface area contributed by atoms with E-state index in [9.17, 15) is 0 Å². The Balaban J connectivity index is 1.81. The van der Waals surface area contributed by atoms with Crippen molar-refractivity contribution in [1.29, 1.82) is 0 Å². The lowest BCUT2D eigenvalue weighted by Crippen LogP contribution is -2.00. The van der Waals surface area contributed by atoms with Crippen LogP contribution >= 0.6 is 22.9 Å². The third-order valence-corrected chi connectivity index (χ3v) is 3.37. The molecular weight excluding hydrogens is 260 g/mol. The molecule has 2 aromatic heterocycles. The lowest BCUT2D eigenvalue weighted by molar-refractivity contribution is 0.411. The van der Waals surface area contributed by atoms with Crippen LogP contribution in [-0.2, 0) is 6.54 Å². The molecule has 86 valence electrons. The van der Waals surface area contributed by atoms with Gasteiger partial charge in [0.1, 0.15) is 0 Å². The Kier molecular flexibility index (Phi) is 2.66. The molecule has 0 amide bonds. The Labute approximate surface area is 105 Å². The van der Waals surface area contributed by atoms with Gasteiger partial charge in [0.25, 0.3) is 0 Å². The van der Waals surface area contributed by atoms with Gasteiger partial charge in [0.05, 0.1) is 16.8 Å². The topological polar surface area (TPSA) is 63.8 Å². The van der Waals surface area contributed by atoms with Gasteiger partial charge in [-0.1, -0.05) is 28.1 Å².